The third-order valence-electron chi connectivity index (χ3n) is 2.28. The Morgan fingerprint density at radius 3 is 2.62 bits per heavy atom. The standard InChI is InChI=1S/C11H15BrN2O2/c1-14(2)10-4-3-7(5-8(10)12)9(13)6-11(15)16/h3-5,9H,6,13H2,1-2H3,(H,15,16). The Kier molecular flexibility index (Phi) is 4.32. The zero-order chi connectivity index (χ0) is 12.3. The van der Waals surface area contributed by atoms with Gasteiger partial charge < -0.3 is 15.7 Å². The second-order valence-corrected chi connectivity index (χ2v) is 4.66. The summed E-state index contributed by atoms with van der Waals surface area (Å²) < 4.78 is 0.913. The van der Waals surface area contributed by atoms with Crippen molar-refractivity contribution in [3.63, 3.8) is 0 Å². The summed E-state index contributed by atoms with van der Waals surface area (Å²) in [6.45, 7) is 0. The van der Waals surface area contributed by atoms with E-state index in [2.05, 4.69) is 15.9 Å². The normalized spacial score (nSPS) is 12.2. The molecule has 0 aliphatic heterocycles. The number of aliphatic carboxylic acids is 1. The van der Waals surface area contributed by atoms with Crippen LogP contribution in [0.5, 0.6) is 0 Å². The summed E-state index contributed by atoms with van der Waals surface area (Å²) in [5.41, 5.74) is 7.63. The van der Waals surface area contributed by atoms with Crippen molar-refractivity contribution in [3.8, 4) is 0 Å². The average Bonchev–Trinajstić information content (AvgIpc) is 2.15. The van der Waals surface area contributed by atoms with Gasteiger partial charge in [-0.25, -0.2) is 0 Å². The third-order valence-corrected chi connectivity index (χ3v) is 2.91. The van der Waals surface area contributed by atoms with Crippen LogP contribution in [0.2, 0.25) is 0 Å². The molecular formula is C11H15BrN2O2. The van der Waals surface area contributed by atoms with Gasteiger partial charge in [-0.1, -0.05) is 6.07 Å². The van der Waals surface area contributed by atoms with Crippen molar-refractivity contribution < 1.29 is 9.90 Å². The minimum atomic E-state index is -0.889. The molecule has 0 aliphatic rings. The molecule has 0 bridgehead atoms. The number of benzene rings is 1. The van der Waals surface area contributed by atoms with Gasteiger partial charge in [0.15, 0.2) is 0 Å². The van der Waals surface area contributed by atoms with Crippen LogP contribution in [0.4, 0.5) is 5.69 Å². The minimum Gasteiger partial charge on any atom is -0.481 e. The van der Waals surface area contributed by atoms with E-state index in [0.717, 1.165) is 15.7 Å². The molecule has 3 N–H and O–H groups in total. The second-order valence-electron chi connectivity index (χ2n) is 3.81. The molecule has 0 spiro atoms. The maximum absolute atomic E-state index is 10.5. The lowest BCUT2D eigenvalue weighted by atomic mass is 10.0. The number of carbonyl (C=O) groups is 1. The molecule has 88 valence electrons. The van der Waals surface area contributed by atoms with Crippen LogP contribution in [0.3, 0.4) is 0 Å². The van der Waals surface area contributed by atoms with Crippen LogP contribution in [-0.4, -0.2) is 25.2 Å². The molecule has 4 nitrogen and oxygen atoms in total. The molecule has 16 heavy (non-hydrogen) atoms. The number of carboxylic acid groups (broad SMARTS) is 1. The SMILES string of the molecule is CN(C)c1ccc(C(N)CC(=O)O)cc1Br. The summed E-state index contributed by atoms with van der Waals surface area (Å²) in [7, 11) is 3.88. The number of anilines is 1. The van der Waals surface area contributed by atoms with Gasteiger partial charge >= 0.3 is 5.97 Å². The van der Waals surface area contributed by atoms with Crippen molar-refractivity contribution in [1.29, 1.82) is 0 Å². The predicted molar refractivity (Wildman–Crippen MR) is 67.7 cm³/mol. The fourth-order valence-corrected chi connectivity index (χ4v) is 2.17. The molecule has 0 aromatic heterocycles. The van der Waals surface area contributed by atoms with Crippen molar-refractivity contribution >= 4 is 27.6 Å². The summed E-state index contributed by atoms with van der Waals surface area (Å²) in [4.78, 5) is 12.5. The van der Waals surface area contributed by atoms with E-state index >= 15 is 0 Å². The van der Waals surface area contributed by atoms with E-state index in [0.29, 0.717) is 0 Å². The maximum atomic E-state index is 10.5. The molecule has 0 amide bonds. The molecule has 0 heterocycles. The van der Waals surface area contributed by atoms with E-state index in [4.69, 9.17) is 10.8 Å². The van der Waals surface area contributed by atoms with Gasteiger partial charge in [0.05, 0.1) is 12.1 Å². The molecule has 0 aliphatic carbocycles. The van der Waals surface area contributed by atoms with Gasteiger partial charge in [-0.05, 0) is 33.6 Å². The van der Waals surface area contributed by atoms with Gasteiger partial charge in [-0.15, -0.1) is 0 Å². The maximum Gasteiger partial charge on any atom is 0.305 e. The van der Waals surface area contributed by atoms with Crippen LogP contribution in [0.25, 0.3) is 0 Å². The summed E-state index contributed by atoms with van der Waals surface area (Å²) >= 11 is 3.44. The lowest BCUT2D eigenvalue weighted by Crippen LogP contribution is -2.15. The van der Waals surface area contributed by atoms with Crippen molar-refractivity contribution in [3.05, 3.63) is 28.2 Å². The first-order valence-corrected chi connectivity index (χ1v) is 5.65. The number of rotatable bonds is 4. The quantitative estimate of drug-likeness (QED) is 0.888. The number of carboxylic acids is 1. The molecule has 1 atom stereocenters. The zero-order valence-corrected chi connectivity index (χ0v) is 10.9. The van der Waals surface area contributed by atoms with Crippen molar-refractivity contribution in [2.75, 3.05) is 19.0 Å². The molecule has 0 saturated heterocycles. The van der Waals surface area contributed by atoms with Crippen molar-refractivity contribution in [2.24, 2.45) is 5.73 Å². The number of hydrogen-bond acceptors (Lipinski definition) is 3. The molecular weight excluding hydrogens is 272 g/mol. The highest BCUT2D eigenvalue weighted by molar-refractivity contribution is 9.10. The smallest absolute Gasteiger partial charge is 0.305 e. The minimum absolute atomic E-state index is 0.0618. The molecule has 0 fully saturated rings. The van der Waals surface area contributed by atoms with Crippen LogP contribution in [0.15, 0.2) is 22.7 Å². The fourth-order valence-electron chi connectivity index (χ4n) is 1.42. The largest absolute Gasteiger partial charge is 0.481 e. The van der Waals surface area contributed by atoms with Gasteiger partial charge in [-0.2, -0.15) is 0 Å². The van der Waals surface area contributed by atoms with Gasteiger partial charge in [0, 0.05) is 24.6 Å². The second kappa shape index (κ2) is 5.32. The summed E-state index contributed by atoms with van der Waals surface area (Å²) in [6.07, 6.45) is -0.0618. The Morgan fingerprint density at radius 1 is 1.56 bits per heavy atom. The Hall–Kier alpha value is -1.07. The predicted octanol–water partition coefficient (Wildman–Crippen LogP) is 1.99. The first-order valence-electron chi connectivity index (χ1n) is 4.86. The molecule has 1 aromatic rings. The highest BCUT2D eigenvalue weighted by Gasteiger charge is 2.12. The topological polar surface area (TPSA) is 66.6 Å². The fraction of sp³-hybridized carbons (Fsp3) is 0.364. The third kappa shape index (κ3) is 3.21. The number of nitrogens with two attached hydrogens (primary N) is 1. The summed E-state index contributed by atoms with van der Waals surface area (Å²) in [5.74, 6) is -0.889. The summed E-state index contributed by atoms with van der Waals surface area (Å²) in [5, 5.41) is 8.66. The number of nitrogens with zero attached hydrogens (tertiary/aromatic N) is 1. The van der Waals surface area contributed by atoms with Gasteiger partial charge in [-0.3, -0.25) is 4.79 Å². The van der Waals surface area contributed by atoms with Crippen LogP contribution < -0.4 is 10.6 Å². The molecule has 0 radical (unpaired) electrons. The first kappa shape index (κ1) is 13.0. The van der Waals surface area contributed by atoms with E-state index in [1.165, 1.54) is 0 Å². The number of hydrogen-bond donors (Lipinski definition) is 2. The summed E-state index contributed by atoms with van der Waals surface area (Å²) in [6, 6.07) is 5.17. The van der Waals surface area contributed by atoms with Gasteiger partial charge in [0.1, 0.15) is 0 Å². The highest BCUT2D eigenvalue weighted by Crippen LogP contribution is 2.28. The Labute approximate surface area is 103 Å². The molecule has 5 heteroatoms. The Morgan fingerprint density at radius 2 is 2.19 bits per heavy atom. The number of halogens is 1. The monoisotopic (exact) mass is 286 g/mol. The van der Waals surface area contributed by atoms with Gasteiger partial charge in [0.25, 0.3) is 0 Å². The lowest BCUT2D eigenvalue weighted by Gasteiger charge is -2.17. The first-order chi connectivity index (χ1) is 7.41. The highest BCUT2D eigenvalue weighted by atomic mass is 79.9. The van der Waals surface area contributed by atoms with Crippen LogP contribution in [-0.2, 0) is 4.79 Å². The van der Waals surface area contributed by atoms with Crippen LogP contribution in [0, 0.1) is 0 Å². The van der Waals surface area contributed by atoms with E-state index in [-0.39, 0.29) is 6.42 Å². The van der Waals surface area contributed by atoms with E-state index in [9.17, 15) is 4.79 Å². The van der Waals surface area contributed by atoms with E-state index in [1.807, 2.05) is 37.2 Å². The molecule has 1 unspecified atom stereocenters. The Balaban J connectivity index is 2.92. The van der Waals surface area contributed by atoms with Crippen molar-refractivity contribution in [1.82, 2.24) is 0 Å². The molecule has 1 aromatic carbocycles. The lowest BCUT2D eigenvalue weighted by molar-refractivity contribution is -0.137. The molecule has 1 rings (SSSR count). The Bertz CT molecular complexity index is 394. The zero-order valence-electron chi connectivity index (χ0n) is 9.27. The van der Waals surface area contributed by atoms with E-state index in [1.54, 1.807) is 0 Å². The van der Waals surface area contributed by atoms with Gasteiger partial charge in [0.2, 0.25) is 0 Å². The van der Waals surface area contributed by atoms with Crippen LogP contribution in [0.1, 0.15) is 18.0 Å². The average molecular weight is 287 g/mol. The van der Waals surface area contributed by atoms with Crippen molar-refractivity contribution in [2.45, 2.75) is 12.5 Å². The van der Waals surface area contributed by atoms with Crippen LogP contribution >= 0.6 is 15.9 Å². The van der Waals surface area contributed by atoms with E-state index < -0.39 is 12.0 Å². The molecule has 0 saturated carbocycles.